The number of amides is 1. The van der Waals surface area contributed by atoms with Crippen molar-refractivity contribution in [2.24, 2.45) is 0 Å². The number of hydrogen-bond acceptors (Lipinski definition) is 3. The first-order valence-corrected chi connectivity index (χ1v) is 4.95. The molecule has 0 saturated heterocycles. The van der Waals surface area contributed by atoms with Crippen LogP contribution in [0.5, 0.6) is 0 Å². The number of nitrogens with two attached hydrogens (primary N) is 1. The molecule has 1 aliphatic carbocycles. The lowest BCUT2D eigenvalue weighted by Crippen LogP contribution is -2.48. The molecule has 92 valence electrons. The zero-order chi connectivity index (χ0) is 12.7. The predicted molar refractivity (Wildman–Crippen MR) is 54.1 cm³/mol. The predicted octanol–water partition coefficient (Wildman–Crippen LogP) is 1.49. The van der Waals surface area contributed by atoms with Crippen LogP contribution in [-0.4, -0.2) is 22.6 Å². The fraction of sp³-hybridized carbons (Fsp3) is 0.400. The molecule has 0 bridgehead atoms. The zero-order valence-corrected chi connectivity index (χ0v) is 8.71. The molecule has 1 fully saturated rings. The molecule has 0 radical (unpaired) electrons. The Morgan fingerprint density at radius 1 is 1.47 bits per heavy atom. The van der Waals surface area contributed by atoms with E-state index in [2.05, 4.69) is 4.98 Å². The fourth-order valence-electron chi connectivity index (χ4n) is 1.50. The van der Waals surface area contributed by atoms with Crippen LogP contribution in [0.4, 0.5) is 19.0 Å². The van der Waals surface area contributed by atoms with E-state index in [1.807, 2.05) is 5.32 Å². The van der Waals surface area contributed by atoms with Crippen LogP contribution in [0.2, 0.25) is 0 Å². The van der Waals surface area contributed by atoms with Crippen LogP contribution >= 0.6 is 0 Å². The minimum Gasteiger partial charge on any atom is -0.383 e. The van der Waals surface area contributed by atoms with Gasteiger partial charge in [-0.2, -0.15) is 13.2 Å². The van der Waals surface area contributed by atoms with Gasteiger partial charge in [-0.15, -0.1) is 0 Å². The number of nitrogens with zero attached hydrogens (tertiary/aromatic N) is 1. The SMILES string of the molecule is Nc1ncccc1C(=O)NC1(C(F)(F)F)CC1. The Kier molecular flexibility index (Phi) is 2.48. The number of hydrogen-bond donors (Lipinski definition) is 2. The summed E-state index contributed by atoms with van der Waals surface area (Å²) >= 11 is 0. The largest absolute Gasteiger partial charge is 0.411 e. The fourth-order valence-corrected chi connectivity index (χ4v) is 1.50. The van der Waals surface area contributed by atoms with Gasteiger partial charge in [-0.25, -0.2) is 4.98 Å². The molecule has 1 aliphatic rings. The third-order valence-electron chi connectivity index (χ3n) is 2.73. The van der Waals surface area contributed by atoms with Gasteiger partial charge in [0.05, 0.1) is 5.56 Å². The summed E-state index contributed by atoms with van der Waals surface area (Å²) in [5, 5.41) is 1.98. The highest BCUT2D eigenvalue weighted by molar-refractivity contribution is 5.98. The van der Waals surface area contributed by atoms with Crippen LogP contribution in [0.1, 0.15) is 23.2 Å². The second-order valence-corrected chi connectivity index (χ2v) is 3.97. The maximum Gasteiger partial charge on any atom is 0.411 e. The van der Waals surface area contributed by atoms with E-state index in [0.29, 0.717) is 0 Å². The highest BCUT2D eigenvalue weighted by Gasteiger charge is 2.64. The summed E-state index contributed by atoms with van der Waals surface area (Å²) in [6, 6.07) is 2.78. The molecule has 1 saturated carbocycles. The van der Waals surface area contributed by atoms with Crippen molar-refractivity contribution in [2.75, 3.05) is 5.73 Å². The topological polar surface area (TPSA) is 68.0 Å². The number of rotatable bonds is 2. The molecule has 0 unspecified atom stereocenters. The van der Waals surface area contributed by atoms with Gasteiger partial charge >= 0.3 is 6.18 Å². The lowest BCUT2D eigenvalue weighted by molar-refractivity contribution is -0.163. The smallest absolute Gasteiger partial charge is 0.383 e. The zero-order valence-electron chi connectivity index (χ0n) is 8.71. The van der Waals surface area contributed by atoms with Crippen LogP contribution in [0, 0.1) is 0 Å². The van der Waals surface area contributed by atoms with Crippen molar-refractivity contribution >= 4 is 11.7 Å². The van der Waals surface area contributed by atoms with E-state index in [4.69, 9.17) is 5.73 Å². The van der Waals surface area contributed by atoms with Gasteiger partial charge in [0.1, 0.15) is 11.4 Å². The van der Waals surface area contributed by atoms with E-state index in [0.717, 1.165) is 0 Å². The van der Waals surface area contributed by atoms with E-state index in [1.165, 1.54) is 18.3 Å². The summed E-state index contributed by atoms with van der Waals surface area (Å²) in [5.41, 5.74) is 3.30. The van der Waals surface area contributed by atoms with Crippen LogP contribution in [0.3, 0.4) is 0 Å². The van der Waals surface area contributed by atoms with Crippen molar-refractivity contribution in [3.8, 4) is 0 Å². The van der Waals surface area contributed by atoms with Crippen molar-refractivity contribution < 1.29 is 18.0 Å². The first kappa shape index (κ1) is 11.7. The van der Waals surface area contributed by atoms with Crippen LogP contribution in [-0.2, 0) is 0 Å². The molecule has 0 spiro atoms. The quantitative estimate of drug-likeness (QED) is 0.829. The molecule has 1 heterocycles. The highest BCUT2D eigenvalue weighted by atomic mass is 19.4. The first-order valence-electron chi connectivity index (χ1n) is 4.95. The lowest BCUT2D eigenvalue weighted by atomic mass is 10.2. The van der Waals surface area contributed by atoms with Gasteiger partial charge in [-0.3, -0.25) is 4.79 Å². The number of aromatic nitrogens is 1. The molecule has 7 heteroatoms. The van der Waals surface area contributed by atoms with Gasteiger partial charge in [0.15, 0.2) is 0 Å². The Morgan fingerprint density at radius 2 is 2.12 bits per heavy atom. The Morgan fingerprint density at radius 3 is 2.59 bits per heavy atom. The Labute approximate surface area is 95.0 Å². The number of nitrogens with one attached hydrogen (secondary N) is 1. The van der Waals surface area contributed by atoms with Crippen LogP contribution in [0.25, 0.3) is 0 Å². The maximum atomic E-state index is 12.6. The Hall–Kier alpha value is -1.79. The molecule has 2 rings (SSSR count). The number of halogens is 3. The van der Waals surface area contributed by atoms with E-state index in [1.54, 1.807) is 0 Å². The Bertz CT molecular complexity index is 454. The minimum absolute atomic E-state index is 0.0389. The number of alkyl halides is 3. The molecule has 3 N–H and O–H groups in total. The van der Waals surface area contributed by atoms with Crippen molar-refractivity contribution in [3.63, 3.8) is 0 Å². The average Bonchev–Trinajstić information content (AvgIpc) is 2.98. The number of carbonyl (C=O) groups is 1. The molecule has 17 heavy (non-hydrogen) atoms. The molecule has 1 aromatic heterocycles. The molecular weight excluding hydrogens is 235 g/mol. The summed E-state index contributed by atoms with van der Waals surface area (Å²) in [6.45, 7) is 0. The van der Waals surface area contributed by atoms with Gasteiger partial charge in [0.2, 0.25) is 0 Å². The average molecular weight is 245 g/mol. The second-order valence-electron chi connectivity index (χ2n) is 3.97. The van der Waals surface area contributed by atoms with Gasteiger partial charge in [0.25, 0.3) is 5.91 Å². The minimum atomic E-state index is -4.43. The van der Waals surface area contributed by atoms with Crippen molar-refractivity contribution in [1.29, 1.82) is 0 Å². The van der Waals surface area contributed by atoms with E-state index in [9.17, 15) is 18.0 Å². The summed E-state index contributed by atoms with van der Waals surface area (Å²) in [5.74, 6) is -0.923. The van der Waals surface area contributed by atoms with E-state index >= 15 is 0 Å². The second kappa shape index (κ2) is 3.61. The summed E-state index contributed by atoms with van der Waals surface area (Å²) in [6.07, 6.45) is -3.26. The molecular formula is C10H10F3N3O. The number of anilines is 1. The highest BCUT2D eigenvalue weighted by Crippen LogP contribution is 2.49. The van der Waals surface area contributed by atoms with E-state index in [-0.39, 0.29) is 24.2 Å². The third-order valence-corrected chi connectivity index (χ3v) is 2.73. The van der Waals surface area contributed by atoms with Crippen molar-refractivity contribution in [2.45, 2.75) is 24.6 Å². The molecule has 1 aromatic rings. The normalized spacial score (nSPS) is 17.6. The van der Waals surface area contributed by atoms with Crippen LogP contribution in [0.15, 0.2) is 18.3 Å². The summed E-state index contributed by atoms with van der Waals surface area (Å²) in [4.78, 5) is 15.3. The first-order chi connectivity index (χ1) is 7.86. The maximum absolute atomic E-state index is 12.6. The molecule has 0 aromatic carbocycles. The van der Waals surface area contributed by atoms with Gasteiger partial charge < -0.3 is 11.1 Å². The van der Waals surface area contributed by atoms with Gasteiger partial charge in [0, 0.05) is 6.20 Å². The number of carbonyl (C=O) groups excluding carboxylic acids is 1. The number of pyridine rings is 1. The monoisotopic (exact) mass is 245 g/mol. The van der Waals surface area contributed by atoms with Crippen molar-refractivity contribution in [1.82, 2.24) is 10.3 Å². The summed E-state index contributed by atoms with van der Waals surface area (Å²) in [7, 11) is 0. The summed E-state index contributed by atoms with van der Waals surface area (Å²) < 4.78 is 37.8. The van der Waals surface area contributed by atoms with Crippen molar-refractivity contribution in [3.05, 3.63) is 23.9 Å². The lowest BCUT2D eigenvalue weighted by Gasteiger charge is -2.20. The van der Waals surface area contributed by atoms with Crippen LogP contribution < -0.4 is 11.1 Å². The van der Waals surface area contributed by atoms with E-state index < -0.39 is 17.6 Å². The Balaban J connectivity index is 2.16. The van der Waals surface area contributed by atoms with Gasteiger partial charge in [-0.1, -0.05) is 0 Å². The number of nitrogen functional groups attached to an aromatic ring is 1. The standard InChI is InChI=1S/C10H10F3N3O/c11-10(12,13)9(3-4-9)16-8(17)6-2-1-5-15-7(6)14/h1-2,5H,3-4H2,(H2,14,15)(H,16,17). The molecule has 1 amide bonds. The third kappa shape index (κ3) is 2.04. The molecule has 4 nitrogen and oxygen atoms in total. The molecule has 0 aliphatic heterocycles. The molecule has 0 atom stereocenters. The van der Waals surface area contributed by atoms with Gasteiger partial charge in [-0.05, 0) is 25.0 Å².